The molecule has 0 aliphatic carbocycles. The number of hydrogen-bond donors (Lipinski definition) is 2. The standard InChI is InChI=1S/C8H9N5O3S/c1-5-11-8(16-12-5)13-17(14,15)7-4-10-3-2-6(7)9/h2-4H,1H3,(H2,9,10)(H,11,12,13). The van der Waals surface area contributed by atoms with Gasteiger partial charge in [0.15, 0.2) is 5.82 Å². The van der Waals surface area contributed by atoms with E-state index in [-0.39, 0.29) is 16.6 Å². The number of nitrogens with two attached hydrogens (primary N) is 1. The summed E-state index contributed by atoms with van der Waals surface area (Å²) in [5, 5.41) is 3.46. The first kappa shape index (κ1) is 11.3. The lowest BCUT2D eigenvalue weighted by atomic mass is 10.4. The van der Waals surface area contributed by atoms with Crippen LogP contribution in [0.4, 0.5) is 11.7 Å². The van der Waals surface area contributed by atoms with Crippen molar-refractivity contribution in [3.63, 3.8) is 0 Å². The molecule has 0 amide bonds. The van der Waals surface area contributed by atoms with Crippen molar-refractivity contribution in [3.05, 3.63) is 24.3 Å². The van der Waals surface area contributed by atoms with Gasteiger partial charge in [0.2, 0.25) is 0 Å². The first-order chi connectivity index (χ1) is 7.99. The molecule has 0 saturated heterocycles. The highest BCUT2D eigenvalue weighted by Crippen LogP contribution is 2.18. The molecule has 0 fully saturated rings. The number of aryl methyl sites for hydroxylation is 1. The zero-order valence-corrected chi connectivity index (χ0v) is 9.60. The van der Waals surface area contributed by atoms with E-state index >= 15 is 0 Å². The summed E-state index contributed by atoms with van der Waals surface area (Å²) in [6, 6.07) is 1.17. The molecule has 9 heteroatoms. The summed E-state index contributed by atoms with van der Waals surface area (Å²) < 4.78 is 30.5. The van der Waals surface area contributed by atoms with Crippen LogP contribution in [-0.2, 0) is 10.0 Å². The number of nitrogens with zero attached hydrogens (tertiary/aromatic N) is 3. The molecule has 2 heterocycles. The minimum Gasteiger partial charge on any atom is -0.398 e. The molecule has 2 aromatic rings. The topological polar surface area (TPSA) is 124 Å². The Bertz CT molecular complexity index is 636. The quantitative estimate of drug-likeness (QED) is 0.800. The van der Waals surface area contributed by atoms with Crippen molar-refractivity contribution >= 4 is 21.7 Å². The minimum absolute atomic E-state index is 0.0868. The number of sulfonamides is 1. The summed E-state index contributed by atoms with van der Waals surface area (Å²) >= 11 is 0. The van der Waals surface area contributed by atoms with Gasteiger partial charge in [0.25, 0.3) is 10.0 Å². The Hall–Kier alpha value is -2.16. The molecule has 0 bridgehead atoms. The Morgan fingerprint density at radius 1 is 1.47 bits per heavy atom. The summed E-state index contributed by atoms with van der Waals surface area (Å²) in [7, 11) is -3.86. The van der Waals surface area contributed by atoms with E-state index in [9.17, 15) is 8.42 Å². The lowest BCUT2D eigenvalue weighted by Crippen LogP contribution is -2.15. The zero-order valence-electron chi connectivity index (χ0n) is 8.78. The van der Waals surface area contributed by atoms with Gasteiger partial charge in [-0.25, -0.2) is 13.1 Å². The van der Waals surface area contributed by atoms with Crippen molar-refractivity contribution in [3.8, 4) is 0 Å². The van der Waals surface area contributed by atoms with Crippen molar-refractivity contribution in [1.29, 1.82) is 0 Å². The highest BCUT2D eigenvalue weighted by molar-refractivity contribution is 7.92. The average molecular weight is 255 g/mol. The van der Waals surface area contributed by atoms with Crippen LogP contribution in [-0.4, -0.2) is 23.5 Å². The van der Waals surface area contributed by atoms with Crippen LogP contribution in [0.15, 0.2) is 27.9 Å². The van der Waals surface area contributed by atoms with Gasteiger partial charge in [-0.2, -0.15) is 4.98 Å². The van der Waals surface area contributed by atoms with Gasteiger partial charge in [-0.15, -0.1) is 0 Å². The number of rotatable bonds is 3. The Morgan fingerprint density at radius 3 is 2.82 bits per heavy atom. The fourth-order valence-electron chi connectivity index (χ4n) is 1.12. The normalized spacial score (nSPS) is 11.4. The Kier molecular flexibility index (Phi) is 2.68. The van der Waals surface area contributed by atoms with Crippen LogP contribution in [0, 0.1) is 6.92 Å². The first-order valence-electron chi connectivity index (χ1n) is 4.51. The number of anilines is 2. The third-order valence-corrected chi connectivity index (χ3v) is 3.22. The second-order valence-electron chi connectivity index (χ2n) is 3.17. The van der Waals surface area contributed by atoms with E-state index in [1.165, 1.54) is 12.3 Å². The molecule has 0 aliphatic rings. The van der Waals surface area contributed by atoms with Gasteiger partial charge in [0.05, 0.1) is 5.69 Å². The minimum atomic E-state index is -3.86. The average Bonchev–Trinajstić information content (AvgIpc) is 2.63. The Morgan fingerprint density at radius 2 is 2.24 bits per heavy atom. The van der Waals surface area contributed by atoms with Crippen molar-refractivity contribution in [2.24, 2.45) is 0 Å². The zero-order chi connectivity index (χ0) is 12.5. The fraction of sp³-hybridized carbons (Fsp3) is 0.125. The molecule has 0 spiro atoms. The van der Waals surface area contributed by atoms with Gasteiger partial charge < -0.3 is 10.3 Å². The smallest absolute Gasteiger partial charge is 0.335 e. The van der Waals surface area contributed by atoms with Crippen LogP contribution in [0.3, 0.4) is 0 Å². The van der Waals surface area contributed by atoms with Crippen LogP contribution < -0.4 is 10.5 Å². The second-order valence-corrected chi connectivity index (χ2v) is 4.82. The molecule has 0 unspecified atom stereocenters. The fourth-order valence-corrected chi connectivity index (χ4v) is 2.12. The Balaban J connectivity index is 2.35. The predicted octanol–water partition coefficient (Wildman–Crippen LogP) is 0.156. The van der Waals surface area contributed by atoms with Crippen molar-refractivity contribution < 1.29 is 12.9 Å². The maximum absolute atomic E-state index is 11.9. The molecule has 0 aromatic carbocycles. The van der Waals surface area contributed by atoms with Crippen molar-refractivity contribution in [2.45, 2.75) is 11.8 Å². The molecule has 0 radical (unpaired) electrons. The summed E-state index contributed by atoms with van der Waals surface area (Å²) in [6.45, 7) is 1.57. The SMILES string of the molecule is Cc1noc(NS(=O)(=O)c2cnccc2N)n1. The third kappa shape index (κ3) is 2.33. The molecule has 2 rings (SSSR count). The number of pyridine rings is 1. The van der Waals surface area contributed by atoms with E-state index in [0.29, 0.717) is 5.82 Å². The largest absolute Gasteiger partial charge is 0.398 e. The number of hydrogen-bond acceptors (Lipinski definition) is 7. The molecule has 0 aliphatic heterocycles. The molecule has 2 aromatic heterocycles. The van der Waals surface area contributed by atoms with Crippen molar-refractivity contribution in [2.75, 3.05) is 10.5 Å². The summed E-state index contributed by atoms with van der Waals surface area (Å²) in [5.41, 5.74) is 5.63. The molecule has 8 nitrogen and oxygen atoms in total. The van der Waals surface area contributed by atoms with Gasteiger partial charge in [-0.1, -0.05) is 5.16 Å². The van der Waals surface area contributed by atoms with E-state index in [1.54, 1.807) is 6.92 Å². The van der Waals surface area contributed by atoms with Gasteiger partial charge >= 0.3 is 6.01 Å². The lowest BCUT2D eigenvalue weighted by Gasteiger charge is -2.05. The van der Waals surface area contributed by atoms with Gasteiger partial charge in [0, 0.05) is 12.4 Å². The first-order valence-corrected chi connectivity index (χ1v) is 6.00. The third-order valence-electron chi connectivity index (χ3n) is 1.86. The molecule has 0 atom stereocenters. The predicted molar refractivity (Wildman–Crippen MR) is 58.5 cm³/mol. The highest BCUT2D eigenvalue weighted by atomic mass is 32.2. The van der Waals surface area contributed by atoms with E-state index in [1.807, 2.05) is 0 Å². The monoisotopic (exact) mass is 255 g/mol. The lowest BCUT2D eigenvalue weighted by molar-refractivity contribution is 0.429. The van der Waals surface area contributed by atoms with Crippen LogP contribution in [0.2, 0.25) is 0 Å². The maximum Gasteiger partial charge on any atom is 0.335 e. The van der Waals surface area contributed by atoms with Crippen molar-refractivity contribution in [1.82, 2.24) is 15.1 Å². The summed E-state index contributed by atoms with van der Waals surface area (Å²) in [5.74, 6) is 0.321. The molecular weight excluding hydrogens is 246 g/mol. The molecule has 3 N–H and O–H groups in total. The number of nitrogen functional groups attached to an aromatic ring is 1. The second kappa shape index (κ2) is 4.01. The number of nitrogens with one attached hydrogen (secondary N) is 1. The van der Waals surface area contributed by atoms with Crippen LogP contribution in [0.5, 0.6) is 0 Å². The highest BCUT2D eigenvalue weighted by Gasteiger charge is 2.20. The molecule has 90 valence electrons. The van der Waals surface area contributed by atoms with Crippen LogP contribution in [0.1, 0.15) is 5.82 Å². The molecular formula is C8H9N5O3S. The molecule has 0 saturated carbocycles. The number of aromatic nitrogens is 3. The van der Waals surface area contributed by atoms with Gasteiger partial charge in [-0.3, -0.25) is 4.98 Å². The van der Waals surface area contributed by atoms with E-state index < -0.39 is 10.0 Å². The maximum atomic E-state index is 11.9. The van der Waals surface area contributed by atoms with Crippen LogP contribution in [0.25, 0.3) is 0 Å². The molecule has 17 heavy (non-hydrogen) atoms. The summed E-state index contributed by atoms with van der Waals surface area (Å²) in [6.07, 6.45) is 2.53. The van der Waals surface area contributed by atoms with E-state index in [2.05, 4.69) is 24.4 Å². The summed E-state index contributed by atoms with van der Waals surface area (Å²) in [4.78, 5) is 7.27. The van der Waals surface area contributed by atoms with E-state index in [4.69, 9.17) is 5.73 Å². The van der Waals surface area contributed by atoms with Gasteiger partial charge in [0.1, 0.15) is 4.90 Å². The van der Waals surface area contributed by atoms with E-state index in [0.717, 1.165) is 6.20 Å². The Labute approximate surface area is 96.9 Å². The van der Waals surface area contributed by atoms with Crippen LogP contribution >= 0.6 is 0 Å². The van der Waals surface area contributed by atoms with Gasteiger partial charge in [-0.05, 0) is 13.0 Å².